The number of carbonyl (C=O) groups excluding carboxylic acids is 3. The Bertz CT molecular complexity index is 639. The lowest BCUT2D eigenvalue weighted by molar-refractivity contribution is -0.130. The minimum atomic E-state index is -0.510. The summed E-state index contributed by atoms with van der Waals surface area (Å²) in [6.07, 6.45) is 2.98. The molecule has 8 nitrogen and oxygen atoms in total. The number of hydrazine groups is 1. The summed E-state index contributed by atoms with van der Waals surface area (Å²) in [5.74, 6) is -0.827. The van der Waals surface area contributed by atoms with Crippen molar-refractivity contribution in [3.05, 3.63) is 29.8 Å². The molecular weight excluding hydrogens is 312 g/mol. The second kappa shape index (κ2) is 7.31. The number of benzene rings is 1. The monoisotopic (exact) mass is 332 g/mol. The SMILES string of the molecule is O=C(Nc1cccc(C(=O)NNC(=O)C2CCCO2)c1)NC1CC1. The summed E-state index contributed by atoms with van der Waals surface area (Å²) in [6.45, 7) is 0.558. The second-order valence-electron chi connectivity index (χ2n) is 5.90. The van der Waals surface area contributed by atoms with Crippen molar-refractivity contribution in [3.8, 4) is 0 Å². The van der Waals surface area contributed by atoms with E-state index in [4.69, 9.17) is 4.74 Å². The number of ether oxygens (including phenoxy) is 1. The van der Waals surface area contributed by atoms with Gasteiger partial charge in [-0.3, -0.25) is 20.4 Å². The Kier molecular flexibility index (Phi) is 4.95. The standard InChI is InChI=1S/C16H20N4O4/c21-14(19-20-15(22)13-5-2-8-24-13)10-3-1-4-12(9-10)18-16(23)17-11-6-7-11/h1,3-4,9,11,13H,2,5-8H2,(H,19,21)(H,20,22)(H2,17,18,23). The van der Waals surface area contributed by atoms with Crippen molar-refractivity contribution < 1.29 is 19.1 Å². The largest absolute Gasteiger partial charge is 0.368 e. The molecule has 1 aromatic rings. The summed E-state index contributed by atoms with van der Waals surface area (Å²) in [7, 11) is 0. The first-order valence-electron chi connectivity index (χ1n) is 8.01. The van der Waals surface area contributed by atoms with Crippen molar-refractivity contribution in [1.82, 2.24) is 16.2 Å². The molecular formula is C16H20N4O4. The average molecular weight is 332 g/mol. The Balaban J connectivity index is 1.51. The van der Waals surface area contributed by atoms with Crippen LogP contribution in [0, 0.1) is 0 Å². The molecule has 0 aromatic heterocycles. The van der Waals surface area contributed by atoms with Crippen LogP contribution in [0.25, 0.3) is 0 Å². The third kappa shape index (κ3) is 4.45. The zero-order valence-corrected chi connectivity index (χ0v) is 13.1. The van der Waals surface area contributed by atoms with Gasteiger partial charge in [0, 0.05) is 23.9 Å². The molecule has 4 N–H and O–H groups in total. The van der Waals surface area contributed by atoms with Crippen LogP contribution in [0.5, 0.6) is 0 Å². The molecule has 2 fully saturated rings. The number of hydrogen-bond acceptors (Lipinski definition) is 4. The summed E-state index contributed by atoms with van der Waals surface area (Å²) in [5, 5.41) is 5.48. The fraction of sp³-hybridized carbons (Fsp3) is 0.438. The van der Waals surface area contributed by atoms with Crippen LogP contribution in [0.15, 0.2) is 24.3 Å². The van der Waals surface area contributed by atoms with Crippen molar-refractivity contribution in [2.75, 3.05) is 11.9 Å². The number of rotatable bonds is 4. The van der Waals surface area contributed by atoms with Gasteiger partial charge in [-0.05, 0) is 43.9 Å². The Morgan fingerprint density at radius 2 is 1.92 bits per heavy atom. The molecule has 8 heteroatoms. The minimum absolute atomic E-state index is 0.254. The Labute approximate surface area is 139 Å². The van der Waals surface area contributed by atoms with E-state index >= 15 is 0 Å². The summed E-state index contributed by atoms with van der Waals surface area (Å²) in [5.41, 5.74) is 5.54. The van der Waals surface area contributed by atoms with Gasteiger partial charge in [-0.15, -0.1) is 0 Å². The number of carbonyl (C=O) groups is 3. The topological polar surface area (TPSA) is 109 Å². The first-order valence-corrected chi connectivity index (χ1v) is 8.01. The smallest absolute Gasteiger partial charge is 0.319 e. The van der Waals surface area contributed by atoms with Crippen molar-refractivity contribution in [2.45, 2.75) is 37.8 Å². The molecule has 1 heterocycles. The molecule has 0 radical (unpaired) electrons. The average Bonchev–Trinajstić information content (AvgIpc) is 3.21. The predicted molar refractivity (Wildman–Crippen MR) is 86.2 cm³/mol. The van der Waals surface area contributed by atoms with Gasteiger partial charge in [-0.25, -0.2) is 4.79 Å². The van der Waals surface area contributed by atoms with Gasteiger partial charge in [0.25, 0.3) is 11.8 Å². The van der Waals surface area contributed by atoms with Crippen LogP contribution < -0.4 is 21.5 Å². The highest BCUT2D eigenvalue weighted by Crippen LogP contribution is 2.19. The number of hydrogen-bond donors (Lipinski definition) is 4. The van der Waals surface area contributed by atoms with E-state index in [0.717, 1.165) is 19.3 Å². The molecule has 1 saturated heterocycles. The van der Waals surface area contributed by atoms with Gasteiger partial charge in [0.15, 0.2) is 0 Å². The van der Waals surface area contributed by atoms with E-state index in [9.17, 15) is 14.4 Å². The first kappa shape index (κ1) is 16.3. The lowest BCUT2D eigenvalue weighted by atomic mass is 10.2. The fourth-order valence-corrected chi connectivity index (χ4v) is 2.37. The zero-order chi connectivity index (χ0) is 16.9. The highest BCUT2D eigenvalue weighted by Gasteiger charge is 2.24. The maximum absolute atomic E-state index is 12.1. The molecule has 128 valence electrons. The normalized spacial score (nSPS) is 19.4. The second-order valence-corrected chi connectivity index (χ2v) is 5.90. The summed E-state index contributed by atoms with van der Waals surface area (Å²) < 4.78 is 5.23. The zero-order valence-electron chi connectivity index (χ0n) is 13.1. The Morgan fingerprint density at radius 1 is 1.08 bits per heavy atom. The van der Waals surface area contributed by atoms with Crippen LogP contribution in [-0.4, -0.2) is 36.6 Å². The number of nitrogens with one attached hydrogen (secondary N) is 4. The van der Waals surface area contributed by atoms with E-state index < -0.39 is 12.0 Å². The number of anilines is 1. The molecule has 1 aliphatic heterocycles. The van der Waals surface area contributed by atoms with Gasteiger partial charge in [0.1, 0.15) is 6.10 Å². The molecule has 1 saturated carbocycles. The van der Waals surface area contributed by atoms with E-state index in [1.54, 1.807) is 24.3 Å². The molecule has 4 amide bonds. The third-order valence-corrected chi connectivity index (χ3v) is 3.82. The Hall–Kier alpha value is -2.61. The van der Waals surface area contributed by atoms with Crippen molar-refractivity contribution in [1.29, 1.82) is 0 Å². The lowest BCUT2D eigenvalue weighted by Gasteiger charge is -2.12. The number of amides is 4. The molecule has 1 aliphatic carbocycles. The summed E-state index contributed by atoms with van der Waals surface area (Å²) >= 11 is 0. The molecule has 24 heavy (non-hydrogen) atoms. The molecule has 2 aliphatic rings. The number of urea groups is 1. The molecule has 3 rings (SSSR count). The van der Waals surface area contributed by atoms with E-state index in [1.807, 2.05) is 0 Å². The minimum Gasteiger partial charge on any atom is -0.368 e. The summed E-state index contributed by atoms with van der Waals surface area (Å²) in [4.78, 5) is 35.6. The predicted octanol–water partition coefficient (Wildman–Crippen LogP) is 0.910. The van der Waals surface area contributed by atoms with Crippen LogP contribution in [0.3, 0.4) is 0 Å². The van der Waals surface area contributed by atoms with E-state index in [0.29, 0.717) is 24.3 Å². The van der Waals surface area contributed by atoms with Crippen LogP contribution >= 0.6 is 0 Å². The van der Waals surface area contributed by atoms with Gasteiger partial charge in [-0.2, -0.15) is 0 Å². The molecule has 0 bridgehead atoms. The quantitative estimate of drug-likeness (QED) is 0.615. The molecule has 1 unspecified atom stereocenters. The van der Waals surface area contributed by atoms with Gasteiger partial charge in [-0.1, -0.05) is 6.07 Å². The van der Waals surface area contributed by atoms with Crippen molar-refractivity contribution >= 4 is 23.5 Å². The van der Waals surface area contributed by atoms with Gasteiger partial charge in [0.05, 0.1) is 0 Å². The molecule has 0 spiro atoms. The summed E-state index contributed by atoms with van der Waals surface area (Å²) in [6, 6.07) is 6.45. The van der Waals surface area contributed by atoms with Crippen LogP contribution in [0.1, 0.15) is 36.0 Å². The third-order valence-electron chi connectivity index (χ3n) is 3.82. The van der Waals surface area contributed by atoms with E-state index in [2.05, 4.69) is 21.5 Å². The van der Waals surface area contributed by atoms with Crippen LogP contribution in [0.4, 0.5) is 10.5 Å². The van der Waals surface area contributed by atoms with Gasteiger partial charge < -0.3 is 15.4 Å². The maximum atomic E-state index is 12.1. The van der Waals surface area contributed by atoms with Crippen LogP contribution in [0.2, 0.25) is 0 Å². The highest BCUT2D eigenvalue weighted by atomic mass is 16.5. The van der Waals surface area contributed by atoms with Gasteiger partial charge >= 0.3 is 6.03 Å². The maximum Gasteiger partial charge on any atom is 0.319 e. The van der Waals surface area contributed by atoms with E-state index in [-0.39, 0.29) is 18.0 Å². The van der Waals surface area contributed by atoms with Crippen LogP contribution in [-0.2, 0) is 9.53 Å². The van der Waals surface area contributed by atoms with E-state index in [1.165, 1.54) is 0 Å². The fourth-order valence-electron chi connectivity index (χ4n) is 2.37. The molecule has 1 aromatic carbocycles. The lowest BCUT2D eigenvalue weighted by Crippen LogP contribution is -2.46. The highest BCUT2D eigenvalue weighted by molar-refractivity contribution is 5.98. The van der Waals surface area contributed by atoms with Crippen molar-refractivity contribution in [2.24, 2.45) is 0 Å². The van der Waals surface area contributed by atoms with Crippen molar-refractivity contribution in [3.63, 3.8) is 0 Å². The Morgan fingerprint density at radius 3 is 2.62 bits per heavy atom. The molecule has 1 atom stereocenters. The first-order chi connectivity index (χ1) is 11.6. The van der Waals surface area contributed by atoms with Gasteiger partial charge in [0.2, 0.25) is 0 Å².